The molecule has 0 heterocycles. The summed E-state index contributed by atoms with van der Waals surface area (Å²) < 4.78 is 30.9. The SMILES string of the molecule is CCCC(=O)c1ccc(S(=O)(=O)NCCOC)cc1. The Hall–Kier alpha value is -1.24. The van der Waals surface area contributed by atoms with Gasteiger partial charge in [-0.15, -0.1) is 0 Å². The fourth-order valence-electron chi connectivity index (χ4n) is 1.55. The molecule has 0 atom stereocenters. The van der Waals surface area contributed by atoms with Crippen LogP contribution in [0.1, 0.15) is 30.1 Å². The number of nitrogens with one attached hydrogen (secondary N) is 1. The number of benzene rings is 1. The summed E-state index contributed by atoms with van der Waals surface area (Å²) in [6.07, 6.45) is 1.25. The molecule has 1 aromatic rings. The number of carbonyl (C=O) groups excluding carboxylic acids is 1. The number of methoxy groups -OCH3 is 1. The Morgan fingerprint density at radius 3 is 2.42 bits per heavy atom. The topological polar surface area (TPSA) is 72.5 Å². The van der Waals surface area contributed by atoms with Crippen molar-refractivity contribution in [3.8, 4) is 0 Å². The highest BCUT2D eigenvalue weighted by atomic mass is 32.2. The number of hydrogen-bond acceptors (Lipinski definition) is 4. The summed E-state index contributed by atoms with van der Waals surface area (Å²) in [5.74, 6) is 0.0267. The van der Waals surface area contributed by atoms with Crippen molar-refractivity contribution in [2.24, 2.45) is 0 Å². The molecule has 106 valence electrons. The molecule has 1 N–H and O–H groups in total. The maximum atomic E-state index is 11.9. The maximum Gasteiger partial charge on any atom is 0.240 e. The zero-order valence-electron chi connectivity index (χ0n) is 11.2. The van der Waals surface area contributed by atoms with E-state index in [-0.39, 0.29) is 17.2 Å². The second-order valence-electron chi connectivity index (χ2n) is 4.09. The number of carbonyl (C=O) groups is 1. The van der Waals surface area contributed by atoms with Gasteiger partial charge in [-0.2, -0.15) is 0 Å². The molecular formula is C13H19NO4S. The van der Waals surface area contributed by atoms with E-state index in [9.17, 15) is 13.2 Å². The first-order valence-electron chi connectivity index (χ1n) is 6.13. The summed E-state index contributed by atoms with van der Waals surface area (Å²) in [6.45, 7) is 2.46. The summed E-state index contributed by atoms with van der Waals surface area (Å²) >= 11 is 0. The third-order valence-electron chi connectivity index (χ3n) is 2.56. The lowest BCUT2D eigenvalue weighted by atomic mass is 10.1. The Bertz CT molecular complexity index is 508. The van der Waals surface area contributed by atoms with Crippen LogP contribution in [0.15, 0.2) is 29.2 Å². The fraction of sp³-hybridized carbons (Fsp3) is 0.462. The number of ketones is 1. The molecule has 0 aliphatic rings. The number of Topliss-reactive ketones (excluding diaryl/α,β-unsaturated/α-hetero) is 1. The van der Waals surface area contributed by atoms with Crippen LogP contribution >= 0.6 is 0 Å². The second kappa shape index (κ2) is 7.37. The van der Waals surface area contributed by atoms with Gasteiger partial charge in [0, 0.05) is 25.6 Å². The molecule has 0 unspecified atom stereocenters. The highest BCUT2D eigenvalue weighted by Gasteiger charge is 2.14. The largest absolute Gasteiger partial charge is 0.383 e. The van der Waals surface area contributed by atoms with E-state index in [1.165, 1.54) is 19.2 Å². The summed E-state index contributed by atoms with van der Waals surface area (Å²) in [5, 5.41) is 0. The number of rotatable bonds is 8. The first-order chi connectivity index (χ1) is 9.01. The summed E-state index contributed by atoms with van der Waals surface area (Å²) in [6, 6.07) is 5.97. The Balaban J connectivity index is 2.77. The van der Waals surface area contributed by atoms with Crippen molar-refractivity contribution in [3.63, 3.8) is 0 Å². The molecule has 0 aliphatic heterocycles. The van der Waals surface area contributed by atoms with Crippen LogP contribution in [0.3, 0.4) is 0 Å². The Kier molecular flexibility index (Phi) is 6.14. The molecule has 0 spiro atoms. The second-order valence-corrected chi connectivity index (χ2v) is 5.86. The number of hydrogen-bond donors (Lipinski definition) is 1. The van der Waals surface area contributed by atoms with Crippen molar-refractivity contribution in [2.75, 3.05) is 20.3 Å². The van der Waals surface area contributed by atoms with Gasteiger partial charge in [-0.05, 0) is 18.6 Å². The average molecular weight is 285 g/mol. The molecular weight excluding hydrogens is 266 g/mol. The van der Waals surface area contributed by atoms with Gasteiger partial charge in [-0.1, -0.05) is 19.1 Å². The van der Waals surface area contributed by atoms with Gasteiger partial charge in [0.2, 0.25) is 10.0 Å². The van der Waals surface area contributed by atoms with E-state index in [0.717, 1.165) is 6.42 Å². The van der Waals surface area contributed by atoms with Crippen molar-refractivity contribution in [1.82, 2.24) is 4.72 Å². The Morgan fingerprint density at radius 2 is 1.89 bits per heavy atom. The summed E-state index contributed by atoms with van der Waals surface area (Å²) in [4.78, 5) is 11.8. The molecule has 0 aromatic heterocycles. The Morgan fingerprint density at radius 1 is 1.26 bits per heavy atom. The highest BCUT2D eigenvalue weighted by Crippen LogP contribution is 2.12. The molecule has 0 amide bonds. The van der Waals surface area contributed by atoms with E-state index in [4.69, 9.17) is 4.74 Å². The van der Waals surface area contributed by atoms with Crippen molar-refractivity contribution in [2.45, 2.75) is 24.7 Å². The monoisotopic (exact) mass is 285 g/mol. The molecule has 6 heteroatoms. The van der Waals surface area contributed by atoms with Crippen LogP contribution in [-0.2, 0) is 14.8 Å². The zero-order valence-corrected chi connectivity index (χ0v) is 12.0. The van der Waals surface area contributed by atoms with E-state index < -0.39 is 10.0 Å². The fourth-order valence-corrected chi connectivity index (χ4v) is 2.57. The minimum atomic E-state index is -3.53. The van der Waals surface area contributed by atoms with Crippen molar-refractivity contribution in [3.05, 3.63) is 29.8 Å². The van der Waals surface area contributed by atoms with Gasteiger partial charge in [-0.3, -0.25) is 4.79 Å². The van der Waals surface area contributed by atoms with Gasteiger partial charge in [0.1, 0.15) is 0 Å². The van der Waals surface area contributed by atoms with Crippen LogP contribution in [0.5, 0.6) is 0 Å². The van der Waals surface area contributed by atoms with Gasteiger partial charge in [0.05, 0.1) is 11.5 Å². The van der Waals surface area contributed by atoms with E-state index >= 15 is 0 Å². The molecule has 0 fully saturated rings. The normalized spacial score (nSPS) is 11.5. The third-order valence-corrected chi connectivity index (χ3v) is 4.04. The van der Waals surface area contributed by atoms with Crippen molar-refractivity contribution < 1.29 is 17.9 Å². The molecule has 0 radical (unpaired) electrons. The molecule has 0 saturated carbocycles. The minimum absolute atomic E-state index is 0.0267. The molecule has 1 rings (SSSR count). The van der Waals surface area contributed by atoms with E-state index in [1.807, 2.05) is 6.92 Å². The molecule has 19 heavy (non-hydrogen) atoms. The van der Waals surface area contributed by atoms with E-state index in [0.29, 0.717) is 18.6 Å². The zero-order chi connectivity index (χ0) is 14.3. The molecule has 1 aromatic carbocycles. The van der Waals surface area contributed by atoms with Crippen LogP contribution in [0, 0.1) is 0 Å². The van der Waals surface area contributed by atoms with Crippen LogP contribution < -0.4 is 4.72 Å². The van der Waals surface area contributed by atoms with Crippen LogP contribution in [0.4, 0.5) is 0 Å². The van der Waals surface area contributed by atoms with Crippen LogP contribution in [0.25, 0.3) is 0 Å². The maximum absolute atomic E-state index is 11.9. The Labute approximate surface area is 114 Å². The summed E-state index contributed by atoms with van der Waals surface area (Å²) in [5.41, 5.74) is 0.540. The lowest BCUT2D eigenvalue weighted by Crippen LogP contribution is -2.27. The molecule has 5 nitrogen and oxygen atoms in total. The van der Waals surface area contributed by atoms with Crippen LogP contribution in [-0.4, -0.2) is 34.5 Å². The predicted octanol–water partition coefficient (Wildman–Crippen LogP) is 1.59. The first kappa shape index (κ1) is 15.8. The standard InChI is InChI=1S/C13H19NO4S/c1-3-4-13(15)11-5-7-12(8-6-11)19(16,17)14-9-10-18-2/h5-8,14H,3-4,9-10H2,1-2H3. The first-order valence-corrected chi connectivity index (χ1v) is 7.61. The van der Waals surface area contributed by atoms with Gasteiger partial charge in [0.25, 0.3) is 0 Å². The van der Waals surface area contributed by atoms with Gasteiger partial charge >= 0.3 is 0 Å². The predicted molar refractivity (Wildman–Crippen MR) is 72.7 cm³/mol. The molecule has 0 bridgehead atoms. The average Bonchev–Trinajstić information content (AvgIpc) is 2.39. The quantitative estimate of drug-likeness (QED) is 0.581. The highest BCUT2D eigenvalue weighted by molar-refractivity contribution is 7.89. The van der Waals surface area contributed by atoms with Gasteiger partial charge in [-0.25, -0.2) is 13.1 Å². The van der Waals surface area contributed by atoms with Crippen LogP contribution in [0.2, 0.25) is 0 Å². The molecule has 0 aliphatic carbocycles. The number of ether oxygens (including phenoxy) is 1. The molecule has 0 saturated heterocycles. The van der Waals surface area contributed by atoms with Gasteiger partial charge in [0.15, 0.2) is 5.78 Å². The lowest BCUT2D eigenvalue weighted by Gasteiger charge is -2.07. The minimum Gasteiger partial charge on any atom is -0.383 e. The van der Waals surface area contributed by atoms with Crippen molar-refractivity contribution in [1.29, 1.82) is 0 Å². The van der Waals surface area contributed by atoms with Crippen molar-refractivity contribution >= 4 is 15.8 Å². The lowest BCUT2D eigenvalue weighted by molar-refractivity contribution is 0.0981. The summed E-state index contributed by atoms with van der Waals surface area (Å²) in [7, 11) is -2.03. The van der Waals surface area contributed by atoms with E-state index in [1.54, 1.807) is 12.1 Å². The van der Waals surface area contributed by atoms with Gasteiger partial charge < -0.3 is 4.74 Å². The number of sulfonamides is 1. The third kappa shape index (κ3) is 4.74. The smallest absolute Gasteiger partial charge is 0.240 e. The van der Waals surface area contributed by atoms with E-state index in [2.05, 4.69) is 4.72 Å².